The van der Waals surface area contributed by atoms with Gasteiger partial charge in [-0.3, -0.25) is 0 Å². The van der Waals surface area contributed by atoms with Crippen LogP contribution >= 0.6 is 0 Å². The highest BCUT2D eigenvalue weighted by atomic mass is 19.3. The number of halogens is 3. The summed E-state index contributed by atoms with van der Waals surface area (Å²) in [5.41, 5.74) is 0.391. The number of nitrogens with zero attached hydrogens (tertiary/aromatic N) is 1. The first-order valence-corrected chi connectivity index (χ1v) is 6.72. The number of alkyl halides is 2. The molecular weight excluding hydrogens is 301 g/mol. The summed E-state index contributed by atoms with van der Waals surface area (Å²) in [6.45, 7) is -1.35. The van der Waals surface area contributed by atoms with E-state index in [0.717, 1.165) is 4.90 Å². The summed E-state index contributed by atoms with van der Waals surface area (Å²) in [6.07, 6.45) is -0.569. The maximum atomic E-state index is 13.3. The lowest BCUT2D eigenvalue weighted by atomic mass is 10.2. The van der Waals surface area contributed by atoms with E-state index in [2.05, 4.69) is 5.32 Å². The van der Waals surface area contributed by atoms with E-state index in [-0.39, 0.29) is 6.54 Å². The van der Waals surface area contributed by atoms with Gasteiger partial charge in [-0.1, -0.05) is 0 Å². The van der Waals surface area contributed by atoms with E-state index >= 15 is 0 Å². The van der Waals surface area contributed by atoms with Crippen LogP contribution in [0.4, 0.5) is 18.0 Å². The summed E-state index contributed by atoms with van der Waals surface area (Å²) < 4.78 is 44.9. The molecule has 1 unspecified atom stereocenters. The maximum absolute atomic E-state index is 13.3. The molecule has 122 valence electrons. The Hall–Kier alpha value is -1.96. The van der Waals surface area contributed by atoms with Gasteiger partial charge in [0.05, 0.1) is 26.3 Å². The maximum Gasteiger partial charge on any atom is 0.318 e. The normalized spacial score (nSPS) is 20.0. The van der Waals surface area contributed by atoms with Crippen LogP contribution in [0.2, 0.25) is 0 Å². The Bertz CT molecular complexity index is 554. The van der Waals surface area contributed by atoms with Gasteiger partial charge in [0.15, 0.2) is 0 Å². The van der Waals surface area contributed by atoms with Crippen LogP contribution in [0.25, 0.3) is 0 Å². The third kappa shape index (κ3) is 3.62. The van der Waals surface area contributed by atoms with Crippen LogP contribution in [0.1, 0.15) is 12.0 Å². The van der Waals surface area contributed by atoms with Crippen LogP contribution in [-0.4, -0.2) is 48.3 Å². The number of likely N-dealkylation sites (tertiary alicyclic amines) is 1. The molecule has 1 fully saturated rings. The van der Waals surface area contributed by atoms with Crippen molar-refractivity contribution < 1.29 is 27.8 Å². The number of hydrogen-bond donors (Lipinski definition) is 2. The molecular formula is C14H17F3N2O3. The lowest BCUT2D eigenvalue weighted by molar-refractivity contribution is 0.0141. The van der Waals surface area contributed by atoms with Crippen molar-refractivity contribution in [3.05, 3.63) is 29.6 Å². The van der Waals surface area contributed by atoms with Crippen LogP contribution in [0.3, 0.4) is 0 Å². The topological polar surface area (TPSA) is 61.8 Å². The number of carbonyl (C=O) groups is 1. The van der Waals surface area contributed by atoms with Crippen molar-refractivity contribution in [1.29, 1.82) is 0 Å². The number of nitrogens with one attached hydrogen (secondary N) is 1. The molecule has 0 saturated carbocycles. The molecule has 0 radical (unpaired) electrons. The van der Waals surface area contributed by atoms with Crippen molar-refractivity contribution in [2.75, 3.05) is 20.3 Å². The van der Waals surface area contributed by atoms with Gasteiger partial charge in [-0.2, -0.15) is 0 Å². The molecule has 8 heteroatoms. The Morgan fingerprint density at radius 2 is 2.27 bits per heavy atom. The summed E-state index contributed by atoms with van der Waals surface area (Å²) in [7, 11) is 1.40. The predicted molar refractivity (Wildman–Crippen MR) is 72.3 cm³/mol. The molecule has 2 N–H and O–H groups in total. The van der Waals surface area contributed by atoms with Gasteiger partial charge in [0.1, 0.15) is 11.6 Å². The van der Waals surface area contributed by atoms with E-state index in [4.69, 9.17) is 9.84 Å². The fourth-order valence-electron chi connectivity index (χ4n) is 2.46. The summed E-state index contributed by atoms with van der Waals surface area (Å²) in [6, 6.07) is 2.16. The van der Waals surface area contributed by atoms with Crippen LogP contribution in [0.5, 0.6) is 5.75 Å². The van der Waals surface area contributed by atoms with Crippen molar-refractivity contribution in [2.24, 2.45) is 0 Å². The minimum absolute atomic E-state index is 0.0695. The van der Waals surface area contributed by atoms with Crippen molar-refractivity contribution in [1.82, 2.24) is 10.2 Å². The van der Waals surface area contributed by atoms with Crippen LogP contribution < -0.4 is 10.1 Å². The molecule has 22 heavy (non-hydrogen) atoms. The number of rotatable bonds is 4. The standard InChI is InChI=1S/C14H17F3N2O3/c1-22-12-3-2-10(15)4-9(12)6-18-13(21)19-8-14(16,17)5-11(19)7-20/h2-4,11,20H,5-8H2,1H3,(H,18,21). The quantitative estimate of drug-likeness (QED) is 0.889. The monoisotopic (exact) mass is 318 g/mol. The van der Waals surface area contributed by atoms with Gasteiger partial charge in [-0.25, -0.2) is 18.0 Å². The van der Waals surface area contributed by atoms with Crippen molar-refractivity contribution in [3.8, 4) is 5.75 Å². The second-order valence-electron chi connectivity index (χ2n) is 5.14. The van der Waals surface area contributed by atoms with Crippen LogP contribution in [0, 0.1) is 5.82 Å². The SMILES string of the molecule is COc1ccc(F)cc1CNC(=O)N1CC(F)(F)CC1CO. The number of carbonyl (C=O) groups excluding carboxylic acids is 1. The smallest absolute Gasteiger partial charge is 0.318 e. The lowest BCUT2D eigenvalue weighted by Gasteiger charge is -2.22. The van der Waals surface area contributed by atoms with Gasteiger partial charge in [0.2, 0.25) is 0 Å². The Kier molecular flexibility index (Phi) is 4.80. The number of amides is 2. The molecule has 0 spiro atoms. The molecule has 1 aromatic rings. The van der Waals surface area contributed by atoms with Crippen LogP contribution in [0.15, 0.2) is 18.2 Å². The second-order valence-corrected chi connectivity index (χ2v) is 5.14. The van der Waals surface area contributed by atoms with Crippen molar-refractivity contribution in [3.63, 3.8) is 0 Å². The minimum atomic E-state index is -3.01. The highest BCUT2D eigenvalue weighted by Crippen LogP contribution is 2.31. The molecule has 1 aliphatic heterocycles. The first-order valence-electron chi connectivity index (χ1n) is 6.72. The van der Waals surface area contributed by atoms with E-state index in [0.29, 0.717) is 11.3 Å². The molecule has 0 aliphatic carbocycles. The molecule has 0 bridgehead atoms. The summed E-state index contributed by atoms with van der Waals surface area (Å²) in [5.74, 6) is -3.13. The Labute approximate surface area is 125 Å². The third-order valence-corrected chi connectivity index (χ3v) is 3.52. The molecule has 1 saturated heterocycles. The largest absolute Gasteiger partial charge is 0.496 e. The molecule has 2 amide bonds. The summed E-state index contributed by atoms with van der Waals surface area (Å²) >= 11 is 0. The van der Waals surface area contributed by atoms with Gasteiger partial charge in [0, 0.05) is 18.5 Å². The third-order valence-electron chi connectivity index (χ3n) is 3.52. The van der Waals surface area contributed by atoms with Crippen molar-refractivity contribution >= 4 is 6.03 Å². The predicted octanol–water partition coefficient (Wildman–Crippen LogP) is 1.75. The zero-order valence-electron chi connectivity index (χ0n) is 12.0. The van der Waals surface area contributed by atoms with Crippen molar-refractivity contribution in [2.45, 2.75) is 24.9 Å². The Morgan fingerprint density at radius 3 is 2.91 bits per heavy atom. The van der Waals surface area contributed by atoms with E-state index in [9.17, 15) is 18.0 Å². The number of methoxy groups -OCH3 is 1. The van der Waals surface area contributed by atoms with E-state index in [1.807, 2.05) is 0 Å². The Balaban J connectivity index is 2.02. The highest BCUT2D eigenvalue weighted by molar-refractivity contribution is 5.75. The molecule has 0 aromatic heterocycles. The summed E-state index contributed by atoms with van der Waals surface area (Å²) in [4.78, 5) is 12.9. The zero-order valence-corrected chi connectivity index (χ0v) is 12.0. The molecule has 2 rings (SSSR count). The van der Waals surface area contributed by atoms with Gasteiger partial charge < -0.3 is 20.1 Å². The van der Waals surface area contributed by atoms with E-state index in [1.165, 1.54) is 25.3 Å². The molecule has 1 aromatic carbocycles. The zero-order chi connectivity index (χ0) is 16.3. The minimum Gasteiger partial charge on any atom is -0.496 e. The average Bonchev–Trinajstić information content (AvgIpc) is 2.80. The fraction of sp³-hybridized carbons (Fsp3) is 0.500. The number of ether oxygens (including phenoxy) is 1. The van der Waals surface area contributed by atoms with Gasteiger partial charge in [-0.05, 0) is 18.2 Å². The van der Waals surface area contributed by atoms with E-state index < -0.39 is 43.4 Å². The van der Waals surface area contributed by atoms with Gasteiger partial charge in [0.25, 0.3) is 5.92 Å². The van der Waals surface area contributed by atoms with Gasteiger partial charge >= 0.3 is 6.03 Å². The first-order chi connectivity index (χ1) is 10.4. The number of aliphatic hydroxyl groups excluding tert-OH is 1. The second kappa shape index (κ2) is 6.43. The molecule has 1 heterocycles. The molecule has 5 nitrogen and oxygen atoms in total. The van der Waals surface area contributed by atoms with Gasteiger partial charge in [-0.15, -0.1) is 0 Å². The van der Waals surface area contributed by atoms with E-state index in [1.54, 1.807) is 0 Å². The fourth-order valence-corrected chi connectivity index (χ4v) is 2.46. The first kappa shape index (κ1) is 16.4. The lowest BCUT2D eigenvalue weighted by Crippen LogP contribution is -2.44. The number of aliphatic hydroxyl groups is 1. The average molecular weight is 318 g/mol. The molecule has 1 aliphatic rings. The summed E-state index contributed by atoms with van der Waals surface area (Å²) in [5, 5.41) is 11.5. The molecule has 1 atom stereocenters. The number of hydrogen-bond acceptors (Lipinski definition) is 3. The Morgan fingerprint density at radius 1 is 1.55 bits per heavy atom. The number of urea groups is 1. The number of benzene rings is 1. The highest BCUT2D eigenvalue weighted by Gasteiger charge is 2.46. The van der Waals surface area contributed by atoms with Crippen LogP contribution in [-0.2, 0) is 6.54 Å².